The smallest absolute Gasteiger partial charge is 0.269 e. The predicted octanol–water partition coefficient (Wildman–Crippen LogP) is 5.27. The maximum absolute atomic E-state index is 11.0. The largest absolute Gasteiger partial charge is 0.302 e. The van der Waals surface area contributed by atoms with Gasteiger partial charge in [0.15, 0.2) is 0 Å². The number of rotatable bonds is 4. The molecule has 31 heavy (non-hydrogen) atoms. The van der Waals surface area contributed by atoms with Crippen molar-refractivity contribution in [1.82, 2.24) is 5.43 Å². The zero-order chi connectivity index (χ0) is 22.3. The molecule has 1 saturated carbocycles. The minimum Gasteiger partial charge on any atom is -0.302 e. The summed E-state index contributed by atoms with van der Waals surface area (Å²) in [5, 5.41) is 26.6. The lowest BCUT2D eigenvalue weighted by Gasteiger charge is -2.42. The Kier molecular flexibility index (Phi) is 5.08. The van der Waals surface area contributed by atoms with Crippen molar-refractivity contribution in [2.45, 2.75) is 33.2 Å². The third-order valence-corrected chi connectivity index (χ3v) is 6.33. The van der Waals surface area contributed by atoms with Gasteiger partial charge in [-0.1, -0.05) is 32.9 Å². The van der Waals surface area contributed by atoms with Gasteiger partial charge in [0.1, 0.15) is 0 Å². The van der Waals surface area contributed by atoms with Crippen LogP contribution >= 0.6 is 0 Å². The first-order valence-corrected chi connectivity index (χ1v) is 10.2. The molecule has 2 aliphatic rings. The van der Waals surface area contributed by atoms with E-state index in [9.17, 15) is 20.2 Å². The van der Waals surface area contributed by atoms with Gasteiger partial charge in [-0.2, -0.15) is 5.10 Å². The molecule has 2 aromatic rings. The molecule has 8 nitrogen and oxygen atoms in total. The van der Waals surface area contributed by atoms with Crippen LogP contribution in [0.1, 0.15) is 44.4 Å². The molecule has 1 N–H and O–H groups in total. The van der Waals surface area contributed by atoms with Crippen LogP contribution < -0.4 is 5.43 Å². The van der Waals surface area contributed by atoms with Crippen molar-refractivity contribution < 1.29 is 9.85 Å². The van der Waals surface area contributed by atoms with Gasteiger partial charge in [-0.15, -0.1) is 0 Å². The molecule has 0 radical (unpaired) electrons. The van der Waals surface area contributed by atoms with Gasteiger partial charge >= 0.3 is 0 Å². The van der Waals surface area contributed by atoms with Crippen molar-refractivity contribution >= 4 is 23.2 Å². The highest BCUT2D eigenvalue weighted by Crippen LogP contribution is 2.50. The average Bonchev–Trinajstić information content (AvgIpc) is 3.16. The second-order valence-corrected chi connectivity index (χ2v) is 8.95. The van der Waals surface area contributed by atoms with Crippen LogP contribution in [0.5, 0.6) is 0 Å². The van der Waals surface area contributed by atoms with Gasteiger partial charge in [0.25, 0.3) is 11.4 Å². The number of nitrogens with one attached hydrogen (secondary N) is 1. The van der Waals surface area contributed by atoms with Crippen LogP contribution in [0.3, 0.4) is 0 Å². The van der Waals surface area contributed by atoms with Crippen molar-refractivity contribution in [3.05, 3.63) is 85.5 Å². The van der Waals surface area contributed by atoms with E-state index in [4.69, 9.17) is 5.10 Å². The average molecular weight is 420 g/mol. The summed E-state index contributed by atoms with van der Waals surface area (Å²) < 4.78 is 0. The summed E-state index contributed by atoms with van der Waals surface area (Å²) in [5.41, 5.74) is 7.25. The molecule has 0 spiro atoms. The lowest BCUT2D eigenvalue weighted by molar-refractivity contribution is -0.385. The van der Waals surface area contributed by atoms with E-state index in [1.165, 1.54) is 24.3 Å². The predicted molar refractivity (Wildman–Crippen MR) is 119 cm³/mol. The molecule has 3 atom stereocenters. The maximum atomic E-state index is 11.0. The Bertz CT molecular complexity index is 1090. The van der Waals surface area contributed by atoms with Crippen molar-refractivity contribution in [3.8, 4) is 0 Å². The number of hydrazone groups is 1. The summed E-state index contributed by atoms with van der Waals surface area (Å²) in [6.45, 7) is 6.60. The number of nitro groups is 2. The van der Waals surface area contributed by atoms with E-state index in [0.29, 0.717) is 5.92 Å². The summed E-state index contributed by atoms with van der Waals surface area (Å²) in [6, 6.07) is 13.1. The van der Waals surface area contributed by atoms with Gasteiger partial charge in [0.2, 0.25) is 0 Å². The molecule has 0 bridgehead atoms. The highest BCUT2D eigenvalue weighted by molar-refractivity contribution is 6.08. The molecule has 1 aliphatic carbocycles. The number of allylic oxidation sites excluding steroid dienone is 1. The number of hydrogen-bond acceptors (Lipinski definition) is 6. The van der Waals surface area contributed by atoms with Crippen LogP contribution in [0.25, 0.3) is 6.08 Å². The van der Waals surface area contributed by atoms with Crippen molar-refractivity contribution in [1.29, 1.82) is 0 Å². The molecular weight excluding hydrogens is 396 g/mol. The van der Waals surface area contributed by atoms with Crippen LogP contribution in [-0.2, 0) is 0 Å². The Labute approximate surface area is 180 Å². The SMILES string of the molecule is C[C@@H]1CC(C)(C)/C(=C\c2ccc([N+](=O)[O-])cc2)C2=NN[C@@H](c3ccc([N+](=O)[O-])cc3)[C@H]21. The van der Waals surface area contributed by atoms with Crippen LogP contribution in [0.15, 0.2) is 59.2 Å². The lowest BCUT2D eigenvalue weighted by atomic mass is 9.61. The molecule has 0 aromatic heterocycles. The number of benzene rings is 2. The van der Waals surface area contributed by atoms with Crippen molar-refractivity contribution in [2.75, 3.05) is 0 Å². The van der Waals surface area contributed by atoms with Crippen molar-refractivity contribution in [3.63, 3.8) is 0 Å². The van der Waals surface area contributed by atoms with Gasteiger partial charge in [-0.05, 0) is 52.7 Å². The summed E-state index contributed by atoms with van der Waals surface area (Å²) in [4.78, 5) is 21.1. The maximum Gasteiger partial charge on any atom is 0.269 e. The number of nitrogens with zero attached hydrogens (tertiary/aromatic N) is 3. The minimum atomic E-state index is -0.404. The van der Waals surface area contributed by atoms with Crippen LogP contribution in [0, 0.1) is 37.5 Å². The lowest BCUT2D eigenvalue weighted by Crippen LogP contribution is -2.39. The summed E-state index contributed by atoms with van der Waals surface area (Å²) in [7, 11) is 0. The Morgan fingerprint density at radius 3 is 2.10 bits per heavy atom. The van der Waals surface area contributed by atoms with Gasteiger partial charge < -0.3 is 5.43 Å². The first-order chi connectivity index (χ1) is 14.7. The molecule has 0 unspecified atom stereocenters. The molecule has 1 heterocycles. The highest BCUT2D eigenvalue weighted by Gasteiger charge is 2.47. The Morgan fingerprint density at radius 2 is 1.55 bits per heavy atom. The Balaban J connectivity index is 1.68. The molecule has 0 saturated heterocycles. The fourth-order valence-corrected chi connectivity index (χ4v) is 4.89. The summed E-state index contributed by atoms with van der Waals surface area (Å²) >= 11 is 0. The van der Waals surface area contributed by atoms with Gasteiger partial charge in [-0.3, -0.25) is 20.2 Å². The van der Waals surface area contributed by atoms with Crippen LogP contribution in [0.2, 0.25) is 0 Å². The Hall–Kier alpha value is -3.55. The first kappa shape index (κ1) is 20.7. The number of non-ortho nitro benzene ring substituents is 2. The molecule has 0 amide bonds. The Morgan fingerprint density at radius 1 is 1.00 bits per heavy atom. The van der Waals surface area contributed by atoms with E-state index in [1.54, 1.807) is 24.3 Å². The van der Waals surface area contributed by atoms with E-state index in [-0.39, 0.29) is 28.7 Å². The molecule has 160 valence electrons. The van der Waals surface area contributed by atoms with Crippen molar-refractivity contribution in [2.24, 2.45) is 22.4 Å². The minimum absolute atomic E-state index is 0.0536. The number of hydrogen-bond donors (Lipinski definition) is 1. The van der Waals surface area contributed by atoms with Crippen LogP contribution in [-0.4, -0.2) is 15.6 Å². The van der Waals surface area contributed by atoms with E-state index >= 15 is 0 Å². The zero-order valence-electron chi connectivity index (χ0n) is 17.6. The standard InChI is InChI=1S/C23H24N4O4/c1-14-13-23(2,3)19(12-15-4-8-17(9-5-15)26(28)29)22-20(14)21(24-25-22)16-6-10-18(11-7-16)27(30)31/h4-12,14,20-21,24H,13H2,1-3H3/b19-12-/t14-,20-,21+/m1/s1. The molecule has 2 aromatic carbocycles. The second-order valence-electron chi connectivity index (χ2n) is 8.95. The zero-order valence-corrected chi connectivity index (χ0v) is 17.6. The van der Waals surface area contributed by atoms with E-state index in [2.05, 4.69) is 32.3 Å². The monoisotopic (exact) mass is 420 g/mol. The molecule has 1 fully saturated rings. The molecule has 4 rings (SSSR count). The van der Waals surface area contributed by atoms with Gasteiger partial charge in [0, 0.05) is 30.2 Å². The normalized spacial score (nSPS) is 25.5. The number of fused-ring (bicyclic) bond motifs is 1. The third kappa shape index (κ3) is 3.81. The fourth-order valence-electron chi connectivity index (χ4n) is 4.89. The summed E-state index contributed by atoms with van der Waals surface area (Å²) in [6.07, 6.45) is 3.03. The second kappa shape index (κ2) is 7.61. The fraction of sp³-hybridized carbons (Fsp3) is 0.348. The molecular formula is C23H24N4O4. The summed E-state index contributed by atoms with van der Waals surface area (Å²) in [5.74, 6) is 0.497. The highest BCUT2D eigenvalue weighted by atomic mass is 16.6. The molecule has 8 heteroatoms. The number of nitro benzene ring substituents is 2. The third-order valence-electron chi connectivity index (χ3n) is 6.33. The first-order valence-electron chi connectivity index (χ1n) is 10.2. The van der Waals surface area contributed by atoms with Crippen LogP contribution in [0.4, 0.5) is 11.4 Å². The van der Waals surface area contributed by atoms with Gasteiger partial charge in [-0.25, -0.2) is 0 Å². The van der Waals surface area contributed by atoms with E-state index in [0.717, 1.165) is 28.8 Å². The van der Waals surface area contributed by atoms with Gasteiger partial charge in [0.05, 0.1) is 21.6 Å². The molecule has 1 aliphatic heterocycles. The topological polar surface area (TPSA) is 111 Å². The quantitative estimate of drug-likeness (QED) is 0.535. The van der Waals surface area contributed by atoms with E-state index in [1.807, 2.05) is 0 Å². The van der Waals surface area contributed by atoms with E-state index < -0.39 is 9.85 Å².